The Hall–Kier alpha value is -1.60. The molecule has 2 rings (SSSR count). The quantitative estimate of drug-likeness (QED) is 0.759. The summed E-state index contributed by atoms with van der Waals surface area (Å²) in [7, 11) is -2.44. The molecule has 0 spiro atoms. The number of halogens is 2. The molecule has 27 heavy (non-hydrogen) atoms. The molecule has 0 bridgehead atoms. The van der Waals surface area contributed by atoms with Gasteiger partial charge < -0.3 is 5.32 Å². The SMILES string of the molecule is CNC(=O)CN(Cc1ccc(Cl)c(Cl)c1)S(=O)(=O)c1c(C)cc(C)cc1C. The monoisotopic (exact) mass is 428 g/mol. The molecule has 146 valence electrons. The minimum absolute atomic E-state index is 0.000597. The van der Waals surface area contributed by atoms with Gasteiger partial charge in [0, 0.05) is 13.6 Å². The van der Waals surface area contributed by atoms with Crippen LogP contribution in [-0.2, 0) is 21.4 Å². The summed E-state index contributed by atoms with van der Waals surface area (Å²) in [5, 5.41) is 3.18. The summed E-state index contributed by atoms with van der Waals surface area (Å²) in [5.74, 6) is -0.402. The predicted octanol–water partition coefficient (Wildman–Crippen LogP) is 3.86. The van der Waals surface area contributed by atoms with Gasteiger partial charge in [-0.3, -0.25) is 4.79 Å². The number of rotatable bonds is 6. The van der Waals surface area contributed by atoms with Crippen LogP contribution in [-0.4, -0.2) is 32.2 Å². The molecule has 0 heterocycles. The maximum Gasteiger partial charge on any atom is 0.244 e. The third-order valence-corrected chi connectivity index (χ3v) is 6.98. The van der Waals surface area contributed by atoms with Gasteiger partial charge in [0.2, 0.25) is 15.9 Å². The zero-order valence-electron chi connectivity index (χ0n) is 15.6. The molecule has 0 aliphatic heterocycles. The Balaban J connectivity index is 2.52. The van der Waals surface area contributed by atoms with Crippen LogP contribution in [0.4, 0.5) is 0 Å². The van der Waals surface area contributed by atoms with Crippen molar-refractivity contribution in [1.82, 2.24) is 9.62 Å². The van der Waals surface area contributed by atoms with Crippen LogP contribution in [0.1, 0.15) is 22.3 Å². The van der Waals surface area contributed by atoms with Gasteiger partial charge in [-0.05, 0) is 49.6 Å². The van der Waals surface area contributed by atoms with Crippen molar-refractivity contribution in [3.8, 4) is 0 Å². The van der Waals surface area contributed by atoms with Crippen LogP contribution in [0.25, 0.3) is 0 Å². The number of carbonyl (C=O) groups excluding carboxylic acids is 1. The second-order valence-electron chi connectivity index (χ2n) is 6.42. The van der Waals surface area contributed by atoms with Crippen LogP contribution in [0.3, 0.4) is 0 Å². The van der Waals surface area contributed by atoms with E-state index < -0.39 is 15.9 Å². The lowest BCUT2D eigenvalue weighted by molar-refractivity contribution is -0.120. The largest absolute Gasteiger partial charge is 0.358 e. The predicted molar refractivity (Wildman–Crippen MR) is 109 cm³/mol. The Morgan fingerprint density at radius 3 is 2.15 bits per heavy atom. The van der Waals surface area contributed by atoms with E-state index in [1.165, 1.54) is 7.05 Å². The molecule has 2 aromatic carbocycles. The van der Waals surface area contributed by atoms with Crippen LogP contribution in [0.15, 0.2) is 35.2 Å². The lowest BCUT2D eigenvalue weighted by Gasteiger charge is -2.24. The van der Waals surface area contributed by atoms with Gasteiger partial charge in [-0.15, -0.1) is 0 Å². The maximum atomic E-state index is 13.4. The summed E-state index contributed by atoms with van der Waals surface area (Å²) in [4.78, 5) is 12.2. The summed E-state index contributed by atoms with van der Waals surface area (Å²) >= 11 is 12.0. The van der Waals surface area contributed by atoms with Gasteiger partial charge in [0.25, 0.3) is 0 Å². The van der Waals surface area contributed by atoms with Gasteiger partial charge in [0.05, 0.1) is 21.5 Å². The third kappa shape index (κ3) is 5.02. The van der Waals surface area contributed by atoms with Crippen molar-refractivity contribution < 1.29 is 13.2 Å². The van der Waals surface area contributed by atoms with Crippen molar-refractivity contribution in [2.24, 2.45) is 0 Å². The molecule has 0 aliphatic carbocycles. The molecule has 0 saturated carbocycles. The Kier molecular flexibility index (Phi) is 6.92. The van der Waals surface area contributed by atoms with Gasteiger partial charge >= 0.3 is 0 Å². The lowest BCUT2D eigenvalue weighted by Crippen LogP contribution is -2.39. The smallest absolute Gasteiger partial charge is 0.244 e. The van der Waals surface area contributed by atoms with Gasteiger partial charge in [-0.1, -0.05) is 47.0 Å². The van der Waals surface area contributed by atoms with Crippen LogP contribution >= 0.6 is 23.2 Å². The Labute approximate surface area is 170 Å². The average Bonchev–Trinajstić information content (AvgIpc) is 2.56. The number of hydrogen-bond acceptors (Lipinski definition) is 3. The van der Waals surface area contributed by atoms with Crippen molar-refractivity contribution in [2.75, 3.05) is 13.6 Å². The van der Waals surface area contributed by atoms with Crippen molar-refractivity contribution in [1.29, 1.82) is 0 Å². The number of likely N-dealkylation sites (N-methyl/N-ethyl adjacent to an activating group) is 1. The van der Waals surface area contributed by atoms with Crippen molar-refractivity contribution >= 4 is 39.1 Å². The topological polar surface area (TPSA) is 66.5 Å². The first-order chi connectivity index (χ1) is 12.6. The van der Waals surface area contributed by atoms with Crippen LogP contribution in [0.2, 0.25) is 10.0 Å². The zero-order chi connectivity index (χ0) is 20.4. The molecule has 0 saturated heterocycles. The van der Waals surface area contributed by atoms with Gasteiger partial charge in [0.15, 0.2) is 0 Å². The Morgan fingerprint density at radius 1 is 1.04 bits per heavy atom. The van der Waals surface area contributed by atoms with Crippen molar-refractivity contribution in [3.05, 3.63) is 62.6 Å². The van der Waals surface area contributed by atoms with E-state index in [9.17, 15) is 13.2 Å². The molecule has 0 aromatic heterocycles. The first kappa shape index (κ1) is 21.7. The highest BCUT2D eigenvalue weighted by Crippen LogP contribution is 2.28. The zero-order valence-corrected chi connectivity index (χ0v) is 18.0. The summed E-state index contributed by atoms with van der Waals surface area (Å²) in [6.45, 7) is 5.12. The van der Waals surface area contributed by atoms with E-state index in [1.807, 2.05) is 19.1 Å². The number of amides is 1. The number of carbonyl (C=O) groups is 1. The number of benzene rings is 2. The minimum atomic E-state index is -3.91. The first-order valence-electron chi connectivity index (χ1n) is 8.28. The fraction of sp³-hybridized carbons (Fsp3) is 0.316. The van der Waals surface area contributed by atoms with E-state index in [2.05, 4.69) is 5.32 Å². The van der Waals surface area contributed by atoms with E-state index in [-0.39, 0.29) is 18.0 Å². The summed E-state index contributed by atoms with van der Waals surface area (Å²) in [6, 6.07) is 8.53. The Bertz CT molecular complexity index is 952. The van der Waals surface area contributed by atoms with Gasteiger partial charge in [0.1, 0.15) is 0 Å². The molecule has 2 aromatic rings. The van der Waals surface area contributed by atoms with Crippen molar-refractivity contribution in [3.63, 3.8) is 0 Å². The van der Waals surface area contributed by atoms with Crippen LogP contribution < -0.4 is 5.32 Å². The minimum Gasteiger partial charge on any atom is -0.358 e. The highest BCUT2D eigenvalue weighted by atomic mass is 35.5. The summed E-state index contributed by atoms with van der Waals surface area (Å²) in [5.41, 5.74) is 2.90. The standard InChI is InChI=1S/C19H22Cl2N2O3S/c1-12-7-13(2)19(14(3)8-12)27(25,26)23(11-18(24)22-4)10-15-5-6-16(20)17(21)9-15/h5-9H,10-11H2,1-4H3,(H,22,24). The second-order valence-corrected chi connectivity index (χ2v) is 9.11. The number of nitrogens with one attached hydrogen (secondary N) is 1. The fourth-order valence-electron chi connectivity index (χ4n) is 3.01. The normalized spacial score (nSPS) is 11.7. The van der Waals surface area contributed by atoms with Crippen LogP contribution in [0, 0.1) is 20.8 Å². The lowest BCUT2D eigenvalue weighted by atomic mass is 10.1. The molecule has 5 nitrogen and oxygen atoms in total. The van der Waals surface area contributed by atoms with E-state index >= 15 is 0 Å². The van der Waals surface area contributed by atoms with Crippen molar-refractivity contribution in [2.45, 2.75) is 32.2 Å². The molecule has 8 heteroatoms. The number of hydrogen-bond donors (Lipinski definition) is 1. The maximum absolute atomic E-state index is 13.4. The number of aryl methyl sites for hydroxylation is 3. The number of nitrogens with zero attached hydrogens (tertiary/aromatic N) is 1. The van der Waals surface area contributed by atoms with Gasteiger partial charge in [-0.2, -0.15) is 4.31 Å². The van der Waals surface area contributed by atoms with Gasteiger partial charge in [-0.25, -0.2) is 8.42 Å². The second kappa shape index (κ2) is 8.61. The molecular weight excluding hydrogens is 407 g/mol. The van der Waals surface area contributed by atoms with E-state index in [4.69, 9.17) is 23.2 Å². The molecule has 1 N–H and O–H groups in total. The van der Waals surface area contributed by atoms with Crippen LogP contribution in [0.5, 0.6) is 0 Å². The average molecular weight is 429 g/mol. The first-order valence-corrected chi connectivity index (χ1v) is 10.5. The molecule has 0 aliphatic rings. The molecular formula is C19H22Cl2N2O3S. The van der Waals surface area contributed by atoms with E-state index in [1.54, 1.807) is 32.0 Å². The molecule has 0 radical (unpaired) electrons. The molecule has 0 fully saturated rings. The molecule has 0 atom stereocenters. The molecule has 1 amide bonds. The third-order valence-electron chi connectivity index (χ3n) is 4.14. The fourth-order valence-corrected chi connectivity index (χ4v) is 5.13. The number of sulfonamides is 1. The summed E-state index contributed by atoms with van der Waals surface area (Å²) < 4.78 is 27.9. The van der Waals surface area contributed by atoms with E-state index in [0.717, 1.165) is 9.87 Å². The summed E-state index contributed by atoms with van der Waals surface area (Å²) in [6.07, 6.45) is 0. The highest BCUT2D eigenvalue weighted by molar-refractivity contribution is 7.89. The van der Waals surface area contributed by atoms with E-state index in [0.29, 0.717) is 26.7 Å². The molecule has 0 unspecified atom stereocenters. The Morgan fingerprint density at radius 2 is 1.63 bits per heavy atom. The highest BCUT2D eigenvalue weighted by Gasteiger charge is 2.29.